The van der Waals surface area contributed by atoms with E-state index in [0.717, 1.165) is 54.1 Å². The first-order valence-electron chi connectivity index (χ1n) is 10.7. The van der Waals surface area contributed by atoms with Crippen molar-refractivity contribution in [2.24, 2.45) is 0 Å². The molecule has 30 heavy (non-hydrogen) atoms. The normalized spacial score (nSPS) is 19.0. The summed E-state index contributed by atoms with van der Waals surface area (Å²) in [4.78, 5) is 15.8. The molecule has 2 aliphatic rings. The lowest BCUT2D eigenvalue weighted by Gasteiger charge is -2.23. The van der Waals surface area contributed by atoms with Crippen molar-refractivity contribution in [2.75, 3.05) is 18.1 Å². The standard InChI is InChI=1S/C26H25NO3/c1-2-3-9-16-27-23-13-8-7-12-21(23)26(25(27)28)18-29-24-15-14-20(17-22(24)26)30-19-10-5-4-6-11-19/h4-8,10-15,17H,2-3,9,16,18H2,1H3. The second kappa shape index (κ2) is 7.52. The molecule has 0 saturated heterocycles. The summed E-state index contributed by atoms with van der Waals surface area (Å²) in [6.45, 7) is 3.24. The van der Waals surface area contributed by atoms with Gasteiger partial charge in [0, 0.05) is 17.8 Å². The number of hydrogen-bond donors (Lipinski definition) is 0. The molecule has 5 rings (SSSR count). The van der Waals surface area contributed by atoms with Crippen LogP contribution in [0.4, 0.5) is 5.69 Å². The fourth-order valence-electron chi connectivity index (χ4n) is 4.59. The Labute approximate surface area is 177 Å². The van der Waals surface area contributed by atoms with Gasteiger partial charge < -0.3 is 14.4 Å². The van der Waals surface area contributed by atoms with Gasteiger partial charge >= 0.3 is 0 Å². The minimum Gasteiger partial charge on any atom is -0.491 e. The smallest absolute Gasteiger partial charge is 0.245 e. The Kier molecular flexibility index (Phi) is 4.70. The van der Waals surface area contributed by atoms with E-state index in [1.54, 1.807) is 0 Å². The van der Waals surface area contributed by atoms with Gasteiger partial charge in [-0.25, -0.2) is 0 Å². The van der Waals surface area contributed by atoms with Gasteiger partial charge in [0.2, 0.25) is 5.91 Å². The molecule has 2 heterocycles. The van der Waals surface area contributed by atoms with Gasteiger partial charge in [0.1, 0.15) is 29.3 Å². The van der Waals surface area contributed by atoms with Crippen molar-refractivity contribution in [3.8, 4) is 17.2 Å². The summed E-state index contributed by atoms with van der Waals surface area (Å²) in [5.41, 5.74) is 2.13. The van der Waals surface area contributed by atoms with E-state index in [4.69, 9.17) is 9.47 Å². The summed E-state index contributed by atoms with van der Waals surface area (Å²) in [5.74, 6) is 2.34. The number of fused-ring (bicyclic) bond motifs is 4. The lowest BCUT2D eigenvalue weighted by Crippen LogP contribution is -2.42. The van der Waals surface area contributed by atoms with E-state index in [1.165, 1.54) is 0 Å². The molecule has 4 nitrogen and oxygen atoms in total. The Hall–Kier alpha value is -3.27. The maximum atomic E-state index is 13.8. The highest BCUT2D eigenvalue weighted by molar-refractivity contribution is 6.11. The summed E-state index contributed by atoms with van der Waals surface area (Å²) in [7, 11) is 0. The number of amides is 1. The minimum absolute atomic E-state index is 0.107. The van der Waals surface area contributed by atoms with Crippen molar-refractivity contribution in [1.82, 2.24) is 0 Å². The van der Waals surface area contributed by atoms with Crippen LogP contribution < -0.4 is 14.4 Å². The molecule has 4 heteroatoms. The number of benzene rings is 3. The molecule has 0 aliphatic carbocycles. The maximum absolute atomic E-state index is 13.8. The Balaban J connectivity index is 1.56. The third-order valence-corrected chi connectivity index (χ3v) is 6.08. The SMILES string of the molecule is CCCCCN1C(=O)C2(COc3ccc(Oc4ccccc4)cc32)c2ccccc21. The summed E-state index contributed by atoms with van der Waals surface area (Å²) >= 11 is 0. The van der Waals surface area contributed by atoms with E-state index < -0.39 is 5.41 Å². The highest BCUT2D eigenvalue weighted by Crippen LogP contribution is 2.53. The van der Waals surface area contributed by atoms with Crippen LogP contribution >= 0.6 is 0 Å². The number of carbonyl (C=O) groups is 1. The van der Waals surface area contributed by atoms with Crippen molar-refractivity contribution in [3.05, 3.63) is 83.9 Å². The number of rotatable bonds is 6. The number of nitrogens with zero attached hydrogens (tertiary/aromatic N) is 1. The fraction of sp³-hybridized carbons (Fsp3) is 0.269. The molecule has 3 aromatic carbocycles. The van der Waals surface area contributed by atoms with Gasteiger partial charge in [0.05, 0.1) is 0 Å². The monoisotopic (exact) mass is 399 g/mol. The number of para-hydroxylation sites is 2. The van der Waals surface area contributed by atoms with Crippen LogP contribution in [0, 0.1) is 0 Å². The van der Waals surface area contributed by atoms with Crippen LogP contribution in [0.5, 0.6) is 17.2 Å². The van der Waals surface area contributed by atoms with Crippen molar-refractivity contribution in [3.63, 3.8) is 0 Å². The summed E-state index contributed by atoms with van der Waals surface area (Å²) in [6, 6.07) is 23.6. The average Bonchev–Trinajstić information content (AvgIpc) is 3.27. The largest absolute Gasteiger partial charge is 0.491 e. The van der Waals surface area contributed by atoms with Crippen LogP contribution in [-0.4, -0.2) is 19.1 Å². The zero-order chi connectivity index (χ0) is 20.6. The molecule has 0 saturated carbocycles. The predicted octanol–water partition coefficient (Wildman–Crippen LogP) is 5.69. The molecule has 0 radical (unpaired) electrons. The Morgan fingerprint density at radius 2 is 1.73 bits per heavy atom. The van der Waals surface area contributed by atoms with Crippen LogP contribution in [0.1, 0.15) is 37.3 Å². The van der Waals surface area contributed by atoms with Gasteiger partial charge in [0.15, 0.2) is 0 Å². The van der Waals surface area contributed by atoms with Crippen LogP contribution in [0.15, 0.2) is 72.8 Å². The lowest BCUT2D eigenvalue weighted by molar-refractivity contribution is -0.122. The number of anilines is 1. The average molecular weight is 399 g/mol. The van der Waals surface area contributed by atoms with Gasteiger partial charge in [-0.05, 0) is 48.4 Å². The third-order valence-electron chi connectivity index (χ3n) is 6.08. The van der Waals surface area contributed by atoms with E-state index in [2.05, 4.69) is 19.1 Å². The molecule has 1 amide bonds. The van der Waals surface area contributed by atoms with E-state index in [0.29, 0.717) is 12.4 Å². The molecule has 2 aliphatic heterocycles. The van der Waals surface area contributed by atoms with Crippen LogP contribution in [0.3, 0.4) is 0 Å². The Bertz CT molecular complexity index is 1080. The van der Waals surface area contributed by atoms with Crippen LogP contribution in [0.2, 0.25) is 0 Å². The predicted molar refractivity (Wildman–Crippen MR) is 118 cm³/mol. The topological polar surface area (TPSA) is 38.8 Å². The molecule has 0 bridgehead atoms. The van der Waals surface area contributed by atoms with Gasteiger partial charge in [-0.3, -0.25) is 4.79 Å². The first kappa shape index (κ1) is 18.7. The molecular formula is C26H25NO3. The number of ether oxygens (including phenoxy) is 2. The molecule has 0 fully saturated rings. The Morgan fingerprint density at radius 3 is 2.57 bits per heavy atom. The number of carbonyl (C=O) groups excluding carboxylic acids is 1. The lowest BCUT2D eigenvalue weighted by atomic mass is 9.77. The fourth-order valence-corrected chi connectivity index (χ4v) is 4.59. The van der Waals surface area contributed by atoms with E-state index in [9.17, 15) is 4.79 Å². The third kappa shape index (κ3) is 2.86. The molecule has 0 N–H and O–H groups in total. The van der Waals surface area contributed by atoms with E-state index in [-0.39, 0.29) is 5.91 Å². The van der Waals surface area contributed by atoms with Gasteiger partial charge in [0.25, 0.3) is 0 Å². The van der Waals surface area contributed by atoms with Gasteiger partial charge in [-0.15, -0.1) is 0 Å². The number of unbranched alkanes of at least 4 members (excludes halogenated alkanes) is 2. The van der Waals surface area contributed by atoms with E-state index >= 15 is 0 Å². The number of hydrogen-bond acceptors (Lipinski definition) is 3. The zero-order valence-electron chi connectivity index (χ0n) is 17.1. The summed E-state index contributed by atoms with van der Waals surface area (Å²) in [5, 5.41) is 0. The molecule has 1 spiro atoms. The maximum Gasteiger partial charge on any atom is 0.245 e. The molecular weight excluding hydrogens is 374 g/mol. The van der Waals surface area contributed by atoms with Gasteiger partial charge in [-0.2, -0.15) is 0 Å². The van der Waals surface area contributed by atoms with Crippen molar-refractivity contribution >= 4 is 11.6 Å². The zero-order valence-corrected chi connectivity index (χ0v) is 17.1. The quantitative estimate of drug-likeness (QED) is 0.500. The van der Waals surface area contributed by atoms with Gasteiger partial charge in [-0.1, -0.05) is 56.2 Å². The molecule has 1 unspecified atom stereocenters. The molecule has 0 aromatic heterocycles. The molecule has 1 atom stereocenters. The van der Waals surface area contributed by atoms with E-state index in [1.807, 2.05) is 65.6 Å². The van der Waals surface area contributed by atoms with Crippen LogP contribution in [-0.2, 0) is 10.2 Å². The highest BCUT2D eigenvalue weighted by atomic mass is 16.5. The van der Waals surface area contributed by atoms with Crippen molar-refractivity contribution in [2.45, 2.75) is 31.6 Å². The second-order valence-corrected chi connectivity index (χ2v) is 7.95. The van der Waals surface area contributed by atoms with Crippen molar-refractivity contribution < 1.29 is 14.3 Å². The molecule has 152 valence electrons. The summed E-state index contributed by atoms with van der Waals surface area (Å²) < 4.78 is 12.1. The highest BCUT2D eigenvalue weighted by Gasteiger charge is 2.56. The summed E-state index contributed by atoms with van der Waals surface area (Å²) in [6.07, 6.45) is 3.24. The minimum atomic E-state index is -0.797. The van der Waals surface area contributed by atoms with Crippen molar-refractivity contribution in [1.29, 1.82) is 0 Å². The first-order chi connectivity index (χ1) is 14.7. The van der Waals surface area contributed by atoms with Crippen LogP contribution in [0.25, 0.3) is 0 Å². The first-order valence-corrected chi connectivity index (χ1v) is 10.7. The Morgan fingerprint density at radius 1 is 0.933 bits per heavy atom. The molecule has 3 aromatic rings. The second-order valence-electron chi connectivity index (χ2n) is 7.95.